The number of hydrogen-bond acceptors (Lipinski definition) is 2. The molecule has 0 saturated carbocycles. The van der Waals surface area contributed by atoms with Crippen molar-refractivity contribution in [3.63, 3.8) is 0 Å². The van der Waals surface area contributed by atoms with Crippen molar-refractivity contribution in [2.24, 2.45) is 4.99 Å². The average molecular weight is 251 g/mol. The van der Waals surface area contributed by atoms with Crippen molar-refractivity contribution in [2.45, 2.75) is 38.2 Å². The summed E-state index contributed by atoms with van der Waals surface area (Å²) < 4.78 is 0. The lowest BCUT2D eigenvalue weighted by Crippen LogP contribution is -2.20. The summed E-state index contributed by atoms with van der Waals surface area (Å²) in [6.45, 7) is 9.39. The Hall–Kier alpha value is -0.543. The smallest absolute Gasteiger partial charge is 0.109 e. The van der Waals surface area contributed by atoms with E-state index in [0.717, 1.165) is 12.1 Å². The Morgan fingerprint density at radius 3 is 2.38 bits per heavy atom. The van der Waals surface area contributed by atoms with Gasteiger partial charge in [-0.15, -0.1) is 0 Å². The molecular weight excluding hydrogens is 230 g/mol. The third-order valence-corrected chi connectivity index (χ3v) is 6.55. The first-order valence-corrected chi connectivity index (χ1v) is 10.9. The highest BCUT2D eigenvalue weighted by Crippen LogP contribution is 2.26. The summed E-state index contributed by atoms with van der Waals surface area (Å²) in [6.07, 6.45) is 3.27. The molecule has 3 heteroatoms. The van der Waals surface area contributed by atoms with Crippen LogP contribution in [0.2, 0.25) is 19.6 Å². The van der Waals surface area contributed by atoms with Gasteiger partial charge in [-0.25, -0.2) is 0 Å². The fourth-order valence-corrected chi connectivity index (χ4v) is 5.96. The number of benzene rings is 1. The van der Waals surface area contributed by atoms with Crippen LogP contribution in [-0.4, -0.2) is 18.7 Å². The SMILES string of the molecule is CCC(C=Nc1ccccc1)S[Si](C)(C)C. The third-order valence-electron chi connectivity index (χ3n) is 2.05. The van der Waals surface area contributed by atoms with Crippen molar-refractivity contribution in [3.8, 4) is 0 Å². The van der Waals surface area contributed by atoms with Crippen molar-refractivity contribution >= 4 is 30.3 Å². The maximum absolute atomic E-state index is 4.54. The maximum Gasteiger partial charge on any atom is 0.109 e. The van der Waals surface area contributed by atoms with E-state index in [4.69, 9.17) is 0 Å². The number of aliphatic imine (C=N–C) groups is 1. The summed E-state index contributed by atoms with van der Waals surface area (Å²) in [6, 6.07) is 10.2. The Morgan fingerprint density at radius 2 is 1.88 bits per heavy atom. The number of hydrogen-bond donors (Lipinski definition) is 0. The molecule has 0 fully saturated rings. The highest BCUT2D eigenvalue weighted by Gasteiger charge is 2.18. The van der Waals surface area contributed by atoms with Crippen molar-refractivity contribution < 1.29 is 0 Å². The lowest BCUT2D eigenvalue weighted by atomic mass is 10.3. The van der Waals surface area contributed by atoms with E-state index in [9.17, 15) is 0 Å². The molecule has 1 unspecified atom stereocenters. The Bertz CT molecular complexity index is 330. The Balaban J connectivity index is 2.60. The van der Waals surface area contributed by atoms with Crippen LogP contribution in [0.4, 0.5) is 5.69 Å². The standard InChI is InChI=1S/C13H21NSSi/c1-5-13(15-16(2,3)4)11-14-12-9-7-6-8-10-12/h6-11,13H,5H2,1-4H3. The van der Waals surface area contributed by atoms with Gasteiger partial charge in [0.05, 0.1) is 5.69 Å². The first kappa shape index (κ1) is 13.5. The molecule has 0 aliphatic carbocycles. The van der Waals surface area contributed by atoms with Crippen LogP contribution in [-0.2, 0) is 0 Å². The molecule has 0 heterocycles. The summed E-state index contributed by atoms with van der Waals surface area (Å²) in [5, 5.41) is 0.562. The van der Waals surface area contributed by atoms with E-state index in [1.807, 2.05) is 30.3 Å². The molecule has 0 saturated heterocycles. The lowest BCUT2D eigenvalue weighted by Gasteiger charge is -2.20. The molecule has 1 aromatic carbocycles. The molecule has 0 amide bonds. The summed E-state index contributed by atoms with van der Waals surface area (Å²) in [5.74, 6) is 0. The quantitative estimate of drug-likeness (QED) is 0.544. The molecule has 0 spiro atoms. The first-order valence-electron chi connectivity index (χ1n) is 5.78. The summed E-state index contributed by atoms with van der Waals surface area (Å²) in [4.78, 5) is 4.54. The van der Waals surface area contributed by atoms with Gasteiger partial charge in [-0.3, -0.25) is 4.99 Å². The second-order valence-corrected chi connectivity index (χ2v) is 14.2. The minimum Gasteiger partial charge on any atom is -0.260 e. The minimum atomic E-state index is -1.05. The number of rotatable bonds is 5. The van der Waals surface area contributed by atoms with E-state index in [1.54, 1.807) is 0 Å². The summed E-state index contributed by atoms with van der Waals surface area (Å²) in [7, 11) is -1.05. The number of nitrogens with zero attached hydrogens (tertiary/aromatic N) is 1. The zero-order valence-corrected chi connectivity index (χ0v) is 12.4. The zero-order chi connectivity index (χ0) is 12.0. The molecule has 16 heavy (non-hydrogen) atoms. The van der Waals surface area contributed by atoms with Gasteiger partial charge in [-0.05, 0) is 18.6 Å². The molecule has 0 radical (unpaired) electrons. The fourth-order valence-electron chi connectivity index (χ4n) is 1.36. The van der Waals surface area contributed by atoms with Crippen LogP contribution in [0.1, 0.15) is 13.3 Å². The van der Waals surface area contributed by atoms with E-state index in [0.29, 0.717) is 5.25 Å². The molecule has 1 aromatic rings. The van der Waals surface area contributed by atoms with Gasteiger partial charge in [0.2, 0.25) is 0 Å². The molecule has 1 rings (SSSR count). The number of para-hydroxylation sites is 1. The summed E-state index contributed by atoms with van der Waals surface area (Å²) >= 11 is 2.11. The van der Waals surface area contributed by atoms with Crippen LogP contribution < -0.4 is 0 Å². The molecule has 0 aromatic heterocycles. The van der Waals surface area contributed by atoms with Gasteiger partial charge in [0, 0.05) is 11.5 Å². The van der Waals surface area contributed by atoms with E-state index < -0.39 is 7.22 Å². The highest BCUT2D eigenvalue weighted by molar-refractivity contribution is 8.29. The molecule has 0 N–H and O–H groups in total. The van der Waals surface area contributed by atoms with Gasteiger partial charge < -0.3 is 0 Å². The van der Waals surface area contributed by atoms with Crippen LogP contribution in [0, 0.1) is 0 Å². The van der Waals surface area contributed by atoms with Gasteiger partial charge in [-0.1, -0.05) is 44.8 Å². The fraction of sp³-hybridized carbons (Fsp3) is 0.462. The summed E-state index contributed by atoms with van der Waals surface area (Å²) in [5.41, 5.74) is 1.05. The maximum atomic E-state index is 4.54. The highest BCUT2D eigenvalue weighted by atomic mass is 32.4. The monoisotopic (exact) mass is 251 g/mol. The molecule has 0 bridgehead atoms. The first-order chi connectivity index (χ1) is 7.51. The van der Waals surface area contributed by atoms with Crippen molar-refractivity contribution in [2.75, 3.05) is 0 Å². The average Bonchev–Trinajstić information content (AvgIpc) is 2.24. The molecule has 0 aliphatic heterocycles. The molecular formula is C13H21NSSi. The molecule has 1 atom stereocenters. The van der Waals surface area contributed by atoms with Gasteiger partial charge in [0.25, 0.3) is 0 Å². The van der Waals surface area contributed by atoms with Gasteiger partial charge in [0.1, 0.15) is 7.22 Å². The Morgan fingerprint density at radius 1 is 1.25 bits per heavy atom. The van der Waals surface area contributed by atoms with E-state index >= 15 is 0 Å². The second-order valence-electron chi connectivity index (χ2n) is 4.79. The largest absolute Gasteiger partial charge is 0.260 e. The van der Waals surface area contributed by atoms with Crippen molar-refractivity contribution in [3.05, 3.63) is 30.3 Å². The van der Waals surface area contributed by atoms with Crippen LogP contribution in [0.3, 0.4) is 0 Å². The topological polar surface area (TPSA) is 12.4 Å². The Kier molecular flexibility index (Phi) is 5.29. The predicted octanol–water partition coefficient (Wildman–Crippen LogP) is 4.74. The van der Waals surface area contributed by atoms with Crippen molar-refractivity contribution in [1.29, 1.82) is 0 Å². The third kappa shape index (κ3) is 5.52. The van der Waals surface area contributed by atoms with Gasteiger partial charge >= 0.3 is 0 Å². The minimum absolute atomic E-state index is 0.562. The zero-order valence-electron chi connectivity index (χ0n) is 10.6. The Labute approximate surface area is 104 Å². The van der Waals surface area contributed by atoms with Crippen LogP contribution in [0.5, 0.6) is 0 Å². The van der Waals surface area contributed by atoms with Crippen molar-refractivity contribution in [1.82, 2.24) is 0 Å². The second kappa shape index (κ2) is 6.26. The van der Waals surface area contributed by atoms with Crippen LogP contribution >= 0.6 is 11.2 Å². The normalized spacial score (nSPS) is 14.2. The van der Waals surface area contributed by atoms with E-state index in [-0.39, 0.29) is 0 Å². The lowest BCUT2D eigenvalue weighted by molar-refractivity contribution is 1.03. The van der Waals surface area contributed by atoms with Gasteiger partial charge in [-0.2, -0.15) is 11.2 Å². The molecule has 88 valence electrons. The van der Waals surface area contributed by atoms with Crippen LogP contribution in [0.15, 0.2) is 35.3 Å². The van der Waals surface area contributed by atoms with Crippen LogP contribution in [0.25, 0.3) is 0 Å². The predicted molar refractivity (Wildman–Crippen MR) is 79.6 cm³/mol. The molecule has 1 nitrogen and oxygen atoms in total. The van der Waals surface area contributed by atoms with Gasteiger partial charge in [0.15, 0.2) is 0 Å². The van der Waals surface area contributed by atoms with E-state index in [2.05, 4.69) is 49.0 Å². The molecule has 0 aliphatic rings. The van der Waals surface area contributed by atoms with E-state index in [1.165, 1.54) is 0 Å².